The average Bonchev–Trinajstić information content (AvgIpc) is 2.17. The monoisotopic (exact) mass is 322 g/mol. The van der Waals surface area contributed by atoms with Crippen LogP contribution >= 0.6 is 15.9 Å². The summed E-state index contributed by atoms with van der Waals surface area (Å²) in [7, 11) is -2.14. The molecule has 0 atom stereocenters. The van der Waals surface area contributed by atoms with Crippen LogP contribution in [0.1, 0.15) is 20.8 Å². The molecule has 96 valence electrons. The normalized spacial score (nSPS) is 12.7. The Kier molecular flexibility index (Phi) is 4.03. The van der Waals surface area contributed by atoms with Crippen LogP contribution in [0, 0.1) is 11.6 Å². The molecule has 0 fully saturated rings. The van der Waals surface area contributed by atoms with Gasteiger partial charge in [-0.25, -0.2) is 4.39 Å². The molecule has 0 bridgehead atoms. The maximum atomic E-state index is 13.7. The van der Waals surface area contributed by atoms with Gasteiger partial charge in [-0.05, 0) is 46.2 Å². The van der Waals surface area contributed by atoms with E-state index in [9.17, 15) is 8.78 Å². The zero-order valence-electron chi connectivity index (χ0n) is 10.7. The second-order valence-corrected chi connectivity index (χ2v) is 11.1. The first kappa shape index (κ1) is 14.6. The summed E-state index contributed by atoms with van der Waals surface area (Å²) < 4.78 is 32.9. The Morgan fingerprint density at radius 3 is 2.12 bits per heavy atom. The second kappa shape index (κ2) is 4.69. The van der Waals surface area contributed by atoms with Gasteiger partial charge >= 0.3 is 0 Å². The minimum atomic E-state index is -2.14. The molecular weight excluding hydrogens is 306 g/mol. The molecule has 0 aliphatic carbocycles. The molecule has 17 heavy (non-hydrogen) atoms. The van der Waals surface area contributed by atoms with Gasteiger partial charge in [0.2, 0.25) is 0 Å². The molecule has 0 radical (unpaired) electrons. The molecule has 0 aliphatic rings. The Morgan fingerprint density at radius 2 is 1.65 bits per heavy atom. The van der Waals surface area contributed by atoms with Crippen LogP contribution in [0.15, 0.2) is 16.6 Å². The fourth-order valence-corrected chi connectivity index (χ4v) is 2.33. The lowest BCUT2D eigenvalue weighted by Gasteiger charge is -2.36. The molecule has 0 aromatic heterocycles. The van der Waals surface area contributed by atoms with Crippen molar-refractivity contribution >= 4 is 24.2 Å². The van der Waals surface area contributed by atoms with Crippen LogP contribution in [0.4, 0.5) is 8.78 Å². The van der Waals surface area contributed by atoms with Crippen LogP contribution in [0.5, 0.6) is 5.75 Å². The minimum Gasteiger partial charge on any atom is -0.541 e. The lowest BCUT2D eigenvalue weighted by molar-refractivity contribution is 0.427. The van der Waals surface area contributed by atoms with E-state index in [1.165, 1.54) is 12.1 Å². The van der Waals surface area contributed by atoms with Crippen molar-refractivity contribution in [2.75, 3.05) is 0 Å². The van der Waals surface area contributed by atoms with E-state index in [0.717, 1.165) is 0 Å². The molecule has 0 saturated heterocycles. The van der Waals surface area contributed by atoms with E-state index >= 15 is 0 Å². The molecule has 0 unspecified atom stereocenters. The van der Waals surface area contributed by atoms with Crippen LogP contribution in [0.25, 0.3) is 0 Å². The third-order valence-electron chi connectivity index (χ3n) is 3.17. The number of hydrogen-bond acceptors (Lipinski definition) is 1. The Balaban J connectivity index is 3.09. The fraction of sp³-hybridized carbons (Fsp3) is 0.500. The van der Waals surface area contributed by atoms with Gasteiger partial charge in [0.05, 0.1) is 4.47 Å². The van der Waals surface area contributed by atoms with Crippen molar-refractivity contribution in [3.8, 4) is 5.75 Å². The topological polar surface area (TPSA) is 9.23 Å². The molecule has 0 amide bonds. The maximum absolute atomic E-state index is 13.7. The molecule has 0 saturated carbocycles. The van der Waals surface area contributed by atoms with Gasteiger partial charge in [-0.3, -0.25) is 0 Å². The van der Waals surface area contributed by atoms with Crippen molar-refractivity contribution in [2.24, 2.45) is 0 Å². The Bertz CT molecular complexity index is 427. The van der Waals surface area contributed by atoms with Crippen molar-refractivity contribution in [3.63, 3.8) is 0 Å². The first-order valence-corrected chi connectivity index (χ1v) is 9.09. The molecule has 1 nitrogen and oxygen atoms in total. The summed E-state index contributed by atoms with van der Waals surface area (Å²) in [6.07, 6.45) is 0. The first-order valence-electron chi connectivity index (χ1n) is 5.39. The van der Waals surface area contributed by atoms with Crippen molar-refractivity contribution in [2.45, 2.75) is 38.9 Å². The van der Waals surface area contributed by atoms with E-state index in [-0.39, 0.29) is 15.3 Å². The maximum Gasteiger partial charge on any atom is 0.250 e. The Hall–Kier alpha value is -0.423. The molecule has 5 heteroatoms. The predicted molar refractivity (Wildman–Crippen MR) is 71.9 cm³/mol. The van der Waals surface area contributed by atoms with Crippen molar-refractivity contribution in [3.05, 3.63) is 28.2 Å². The third kappa shape index (κ3) is 3.07. The summed E-state index contributed by atoms with van der Waals surface area (Å²) in [5, 5.41) is -0.0526. The number of rotatable bonds is 2. The molecule has 0 heterocycles. The minimum absolute atomic E-state index is 0.00251. The van der Waals surface area contributed by atoms with Gasteiger partial charge in [-0.2, -0.15) is 4.39 Å². The van der Waals surface area contributed by atoms with Gasteiger partial charge in [-0.15, -0.1) is 0 Å². The standard InChI is InChI=1S/C12H17BrF2OSi/c1-12(2,3)17(4,5)16-9-7-6-8(13)10(14)11(9)15/h6-7H,1-5H3. The summed E-state index contributed by atoms with van der Waals surface area (Å²) in [4.78, 5) is 0. The second-order valence-electron chi connectivity index (χ2n) is 5.54. The molecule has 0 aliphatic heterocycles. The van der Waals surface area contributed by atoms with Crippen LogP contribution in [0.2, 0.25) is 18.1 Å². The smallest absolute Gasteiger partial charge is 0.250 e. The average molecular weight is 323 g/mol. The summed E-state index contributed by atoms with van der Waals surface area (Å²) in [5.74, 6) is -1.83. The van der Waals surface area contributed by atoms with Crippen molar-refractivity contribution in [1.82, 2.24) is 0 Å². The van der Waals surface area contributed by atoms with Gasteiger partial charge in [0.25, 0.3) is 8.32 Å². The lowest BCUT2D eigenvalue weighted by Crippen LogP contribution is -2.44. The zero-order chi connectivity index (χ0) is 13.4. The molecular formula is C12H17BrF2OSi. The molecule has 1 aromatic carbocycles. The number of benzene rings is 1. The summed E-state index contributed by atoms with van der Waals surface area (Å²) in [5.41, 5.74) is 0. The summed E-state index contributed by atoms with van der Waals surface area (Å²) in [6, 6.07) is 2.92. The highest BCUT2D eigenvalue weighted by molar-refractivity contribution is 9.10. The van der Waals surface area contributed by atoms with E-state index in [1.807, 2.05) is 33.9 Å². The van der Waals surface area contributed by atoms with E-state index in [4.69, 9.17) is 4.43 Å². The lowest BCUT2D eigenvalue weighted by atomic mass is 10.2. The quantitative estimate of drug-likeness (QED) is 0.543. The molecule has 0 spiro atoms. The molecule has 0 N–H and O–H groups in total. The molecule has 1 rings (SSSR count). The Labute approximate surface area is 110 Å². The van der Waals surface area contributed by atoms with Crippen LogP contribution in [-0.4, -0.2) is 8.32 Å². The van der Waals surface area contributed by atoms with Crippen molar-refractivity contribution < 1.29 is 13.2 Å². The SMILES string of the molecule is CC(C)(C)[Si](C)(C)Oc1ccc(Br)c(F)c1F. The predicted octanol–water partition coefficient (Wildman–Crippen LogP) is 5.11. The van der Waals surface area contributed by atoms with Crippen LogP contribution < -0.4 is 4.43 Å². The van der Waals surface area contributed by atoms with E-state index < -0.39 is 20.0 Å². The largest absolute Gasteiger partial charge is 0.541 e. The van der Waals surface area contributed by atoms with Crippen molar-refractivity contribution in [1.29, 1.82) is 0 Å². The van der Waals surface area contributed by atoms with Gasteiger partial charge in [-0.1, -0.05) is 20.8 Å². The summed E-state index contributed by atoms with van der Waals surface area (Å²) >= 11 is 2.94. The van der Waals surface area contributed by atoms with Gasteiger partial charge in [0, 0.05) is 0 Å². The van der Waals surface area contributed by atoms with E-state index in [0.29, 0.717) is 0 Å². The number of hydrogen-bond donors (Lipinski definition) is 0. The van der Waals surface area contributed by atoms with E-state index in [2.05, 4.69) is 15.9 Å². The Morgan fingerprint density at radius 1 is 1.12 bits per heavy atom. The zero-order valence-corrected chi connectivity index (χ0v) is 13.3. The number of halogens is 3. The van der Waals surface area contributed by atoms with Crippen LogP contribution in [0.3, 0.4) is 0 Å². The highest BCUT2D eigenvalue weighted by Gasteiger charge is 2.39. The summed E-state index contributed by atoms with van der Waals surface area (Å²) in [6.45, 7) is 10.1. The van der Waals surface area contributed by atoms with Crippen LogP contribution in [-0.2, 0) is 0 Å². The molecule has 1 aromatic rings. The highest BCUT2D eigenvalue weighted by atomic mass is 79.9. The third-order valence-corrected chi connectivity index (χ3v) is 8.13. The van der Waals surface area contributed by atoms with Gasteiger partial charge in [0.1, 0.15) is 5.75 Å². The van der Waals surface area contributed by atoms with Gasteiger partial charge < -0.3 is 4.43 Å². The fourth-order valence-electron chi connectivity index (χ4n) is 1.01. The highest BCUT2D eigenvalue weighted by Crippen LogP contribution is 2.38. The first-order chi connectivity index (χ1) is 7.56. The van der Waals surface area contributed by atoms with Gasteiger partial charge in [0.15, 0.2) is 11.6 Å². The van der Waals surface area contributed by atoms with E-state index in [1.54, 1.807) is 0 Å².